The number of nitrogens with one attached hydrogen (secondary N) is 3. The van der Waals surface area contributed by atoms with Crippen molar-refractivity contribution in [2.24, 2.45) is 0 Å². The van der Waals surface area contributed by atoms with Crippen molar-refractivity contribution in [3.63, 3.8) is 0 Å². The Morgan fingerprint density at radius 1 is 1.00 bits per heavy atom. The lowest BCUT2D eigenvalue weighted by Gasteiger charge is -2.19. The average molecular weight is 418 g/mol. The van der Waals surface area contributed by atoms with Crippen LogP contribution in [0.15, 0.2) is 48.5 Å². The highest BCUT2D eigenvalue weighted by molar-refractivity contribution is 6.31. The molecule has 0 aliphatic rings. The molecule has 0 saturated heterocycles. The monoisotopic (exact) mass is 417 g/mol. The number of amides is 3. The quantitative estimate of drug-likeness (QED) is 0.603. The first kappa shape index (κ1) is 22.2. The number of hydrogen-bond acceptors (Lipinski definition) is 4. The normalized spacial score (nSPS) is 11.5. The van der Waals surface area contributed by atoms with Gasteiger partial charge in [-0.25, -0.2) is 0 Å². The third-order valence-corrected chi connectivity index (χ3v) is 4.20. The smallest absolute Gasteiger partial charge is 0.269 e. The molecule has 2 aromatic carbocycles. The van der Waals surface area contributed by atoms with Crippen molar-refractivity contribution in [1.82, 2.24) is 16.2 Å². The first-order valence-electron chi connectivity index (χ1n) is 9.13. The van der Waals surface area contributed by atoms with Gasteiger partial charge in [0.15, 0.2) is 0 Å². The average Bonchev–Trinajstić information content (AvgIpc) is 2.66. The van der Waals surface area contributed by atoms with Crippen LogP contribution >= 0.6 is 11.6 Å². The van der Waals surface area contributed by atoms with Gasteiger partial charge in [0.25, 0.3) is 5.91 Å². The number of ether oxygens (including phenoxy) is 1. The molecule has 29 heavy (non-hydrogen) atoms. The molecule has 154 valence electrons. The zero-order chi connectivity index (χ0) is 21.4. The van der Waals surface area contributed by atoms with E-state index in [-0.39, 0.29) is 18.4 Å². The Balaban J connectivity index is 1.95. The van der Waals surface area contributed by atoms with Crippen LogP contribution in [-0.4, -0.2) is 23.8 Å². The van der Waals surface area contributed by atoms with Crippen LogP contribution in [0.2, 0.25) is 5.02 Å². The van der Waals surface area contributed by atoms with Crippen LogP contribution in [0, 0.1) is 0 Å². The van der Waals surface area contributed by atoms with E-state index in [1.165, 1.54) is 6.92 Å². The molecule has 0 aromatic heterocycles. The summed E-state index contributed by atoms with van der Waals surface area (Å²) in [4.78, 5) is 36.0. The molecular formula is C21H24ClN3O4. The van der Waals surface area contributed by atoms with E-state index in [2.05, 4.69) is 16.2 Å². The Morgan fingerprint density at radius 3 is 2.24 bits per heavy atom. The fourth-order valence-corrected chi connectivity index (χ4v) is 2.90. The highest BCUT2D eigenvalue weighted by atomic mass is 35.5. The highest BCUT2D eigenvalue weighted by Gasteiger charge is 2.20. The summed E-state index contributed by atoms with van der Waals surface area (Å²) >= 11 is 6.17. The summed E-state index contributed by atoms with van der Waals surface area (Å²) < 4.78 is 5.53. The van der Waals surface area contributed by atoms with Gasteiger partial charge in [-0.15, -0.1) is 0 Å². The molecular weight excluding hydrogens is 394 g/mol. The second kappa shape index (κ2) is 10.5. The second-order valence-electron chi connectivity index (χ2n) is 6.67. The molecule has 0 heterocycles. The fraction of sp³-hybridized carbons (Fsp3) is 0.286. The molecule has 7 nitrogen and oxygen atoms in total. The van der Waals surface area contributed by atoms with Crippen LogP contribution < -0.4 is 20.9 Å². The summed E-state index contributed by atoms with van der Waals surface area (Å²) in [5.41, 5.74) is 5.70. The molecule has 0 unspecified atom stereocenters. The molecule has 2 rings (SSSR count). The Morgan fingerprint density at radius 2 is 1.66 bits per heavy atom. The van der Waals surface area contributed by atoms with E-state index in [4.69, 9.17) is 16.3 Å². The van der Waals surface area contributed by atoms with Gasteiger partial charge in [0.1, 0.15) is 5.75 Å². The van der Waals surface area contributed by atoms with Gasteiger partial charge in [0, 0.05) is 17.5 Å². The lowest BCUT2D eigenvalue weighted by Crippen LogP contribution is -2.43. The van der Waals surface area contributed by atoms with Gasteiger partial charge >= 0.3 is 0 Å². The predicted octanol–water partition coefficient (Wildman–Crippen LogP) is 3.16. The molecule has 0 bridgehead atoms. The third kappa shape index (κ3) is 7.12. The van der Waals surface area contributed by atoms with E-state index in [1.807, 2.05) is 13.8 Å². The molecule has 0 fully saturated rings. The highest BCUT2D eigenvalue weighted by Crippen LogP contribution is 2.25. The maximum atomic E-state index is 12.3. The number of halogens is 1. The second-order valence-corrected chi connectivity index (χ2v) is 7.08. The molecule has 2 aromatic rings. The van der Waals surface area contributed by atoms with Crippen LogP contribution in [0.25, 0.3) is 0 Å². The Labute approximate surface area is 174 Å². The van der Waals surface area contributed by atoms with E-state index in [0.29, 0.717) is 21.9 Å². The summed E-state index contributed by atoms with van der Waals surface area (Å²) in [5.74, 6) is -0.589. The number of carbonyl (C=O) groups is 3. The maximum absolute atomic E-state index is 12.3. The number of hydrogen-bond donors (Lipinski definition) is 3. The third-order valence-electron chi connectivity index (χ3n) is 3.85. The Kier molecular flexibility index (Phi) is 8.03. The van der Waals surface area contributed by atoms with E-state index in [0.717, 1.165) is 0 Å². The number of benzene rings is 2. The zero-order valence-electron chi connectivity index (χ0n) is 16.5. The number of hydrazine groups is 1. The zero-order valence-corrected chi connectivity index (χ0v) is 17.2. The van der Waals surface area contributed by atoms with E-state index in [9.17, 15) is 14.4 Å². The van der Waals surface area contributed by atoms with Crippen molar-refractivity contribution < 1.29 is 19.1 Å². The minimum absolute atomic E-state index is 0.0311. The van der Waals surface area contributed by atoms with Crippen molar-refractivity contribution >= 4 is 29.3 Å². The Bertz CT molecular complexity index is 868. The van der Waals surface area contributed by atoms with Crippen LogP contribution in [0.1, 0.15) is 49.2 Å². The van der Waals surface area contributed by atoms with Gasteiger partial charge in [0.05, 0.1) is 18.6 Å². The summed E-state index contributed by atoms with van der Waals surface area (Å²) in [6, 6.07) is 12.9. The van der Waals surface area contributed by atoms with Gasteiger partial charge in [-0.2, -0.15) is 0 Å². The van der Waals surface area contributed by atoms with Crippen molar-refractivity contribution in [2.45, 2.75) is 39.3 Å². The predicted molar refractivity (Wildman–Crippen MR) is 110 cm³/mol. The minimum atomic E-state index is -0.620. The van der Waals surface area contributed by atoms with Crippen LogP contribution in [-0.2, 0) is 9.59 Å². The lowest BCUT2D eigenvalue weighted by molar-refractivity contribution is -0.123. The van der Waals surface area contributed by atoms with Crippen molar-refractivity contribution in [2.75, 3.05) is 0 Å². The molecule has 0 aliphatic heterocycles. The molecule has 0 aliphatic carbocycles. The van der Waals surface area contributed by atoms with Crippen LogP contribution in [0.5, 0.6) is 5.75 Å². The molecule has 1 atom stereocenters. The first-order chi connectivity index (χ1) is 13.8. The maximum Gasteiger partial charge on any atom is 0.269 e. The summed E-state index contributed by atoms with van der Waals surface area (Å²) in [7, 11) is 0. The van der Waals surface area contributed by atoms with Crippen LogP contribution in [0.3, 0.4) is 0 Å². The summed E-state index contributed by atoms with van der Waals surface area (Å²) in [6.07, 6.45) is -0.0614. The number of rotatable bonds is 7. The van der Waals surface area contributed by atoms with E-state index < -0.39 is 17.9 Å². The minimum Gasteiger partial charge on any atom is -0.491 e. The molecule has 0 spiro atoms. The largest absolute Gasteiger partial charge is 0.491 e. The summed E-state index contributed by atoms with van der Waals surface area (Å²) in [6.45, 7) is 5.18. The van der Waals surface area contributed by atoms with Gasteiger partial charge < -0.3 is 10.1 Å². The molecule has 0 saturated carbocycles. The lowest BCUT2D eigenvalue weighted by atomic mass is 10.0. The fourth-order valence-electron chi connectivity index (χ4n) is 2.63. The van der Waals surface area contributed by atoms with E-state index >= 15 is 0 Å². The van der Waals surface area contributed by atoms with Gasteiger partial charge in [-0.3, -0.25) is 25.2 Å². The number of carbonyl (C=O) groups excluding carboxylic acids is 3. The first-order valence-corrected chi connectivity index (χ1v) is 9.51. The molecule has 3 amide bonds. The van der Waals surface area contributed by atoms with Gasteiger partial charge in [0.2, 0.25) is 11.8 Å². The topological polar surface area (TPSA) is 96.5 Å². The molecule has 3 N–H and O–H groups in total. The molecule has 0 radical (unpaired) electrons. The van der Waals surface area contributed by atoms with Crippen molar-refractivity contribution in [3.8, 4) is 5.75 Å². The molecule has 8 heteroatoms. The SMILES string of the molecule is CC(=O)N[C@@H](CC(=O)NNC(=O)c1ccc(OC(C)C)cc1)c1ccccc1Cl. The van der Waals surface area contributed by atoms with Gasteiger partial charge in [-0.05, 0) is 49.7 Å². The van der Waals surface area contributed by atoms with Crippen molar-refractivity contribution in [3.05, 3.63) is 64.7 Å². The van der Waals surface area contributed by atoms with E-state index in [1.54, 1.807) is 48.5 Å². The summed E-state index contributed by atoms with van der Waals surface area (Å²) in [5, 5.41) is 3.13. The standard InChI is InChI=1S/C21H24ClN3O4/c1-13(2)29-16-10-8-15(9-11-16)21(28)25-24-20(27)12-19(23-14(3)26)17-6-4-5-7-18(17)22/h4-11,13,19H,12H2,1-3H3,(H,23,26)(H,24,27)(H,25,28)/t19-/m0/s1. The van der Waals surface area contributed by atoms with Crippen LogP contribution in [0.4, 0.5) is 0 Å². The van der Waals surface area contributed by atoms with Gasteiger partial charge in [-0.1, -0.05) is 29.8 Å². The Hall–Kier alpha value is -3.06. The van der Waals surface area contributed by atoms with Crippen molar-refractivity contribution in [1.29, 1.82) is 0 Å².